The van der Waals surface area contributed by atoms with Crippen molar-refractivity contribution in [3.05, 3.63) is 48.4 Å². The molecule has 5 N–H and O–H groups in total. The van der Waals surface area contributed by atoms with Gasteiger partial charge in [0, 0.05) is 0 Å². The summed E-state index contributed by atoms with van der Waals surface area (Å²) in [5.74, 6) is 1.53. The Labute approximate surface area is 159 Å². The van der Waals surface area contributed by atoms with Crippen molar-refractivity contribution < 1.29 is 4.42 Å². The molecule has 1 aliphatic carbocycles. The Morgan fingerprint density at radius 1 is 1.11 bits per heavy atom. The van der Waals surface area contributed by atoms with Gasteiger partial charge in [0.15, 0.2) is 0 Å². The number of furan rings is 1. The third-order valence-electron chi connectivity index (χ3n) is 5.34. The Hall–Kier alpha value is -2.96. The monoisotopic (exact) mass is 366 g/mol. The average molecular weight is 366 g/mol. The van der Waals surface area contributed by atoms with E-state index < -0.39 is 5.66 Å². The summed E-state index contributed by atoms with van der Waals surface area (Å²) in [5.41, 5.74) is 13.8. The van der Waals surface area contributed by atoms with Crippen LogP contribution in [0.25, 0.3) is 0 Å². The number of para-hydroxylation sites is 2. The number of hydrogen-bond acceptors (Lipinski definition) is 7. The lowest BCUT2D eigenvalue weighted by molar-refractivity contribution is 0.305. The zero-order valence-corrected chi connectivity index (χ0v) is 15.6. The molecule has 1 atom stereocenters. The number of nitrogens with two attached hydrogens (primary N) is 2. The predicted molar refractivity (Wildman–Crippen MR) is 109 cm³/mol. The number of nitrogens with one attached hydrogen (secondary N) is 1. The van der Waals surface area contributed by atoms with Gasteiger partial charge in [-0.25, -0.2) is 4.99 Å². The van der Waals surface area contributed by atoms with Gasteiger partial charge in [-0.1, -0.05) is 18.6 Å². The molecular weight excluding hydrogens is 340 g/mol. The molecule has 7 nitrogen and oxygen atoms in total. The second-order valence-corrected chi connectivity index (χ2v) is 7.22. The molecule has 1 saturated carbocycles. The second kappa shape index (κ2) is 6.98. The zero-order valence-electron chi connectivity index (χ0n) is 15.6. The predicted octanol–water partition coefficient (Wildman–Crippen LogP) is 3.56. The Bertz CT molecular complexity index is 851. The Balaban J connectivity index is 1.72. The quantitative estimate of drug-likeness (QED) is 0.767. The lowest BCUT2D eigenvalue weighted by atomic mass is 9.87. The second-order valence-electron chi connectivity index (χ2n) is 7.22. The summed E-state index contributed by atoms with van der Waals surface area (Å²) in [5, 5.41) is 3.54. The summed E-state index contributed by atoms with van der Waals surface area (Å²) < 4.78 is 5.53. The van der Waals surface area contributed by atoms with E-state index in [0.717, 1.165) is 42.8 Å². The first kappa shape index (κ1) is 17.5. The van der Waals surface area contributed by atoms with E-state index in [4.69, 9.17) is 20.9 Å². The van der Waals surface area contributed by atoms with E-state index in [9.17, 15) is 0 Å². The lowest BCUT2D eigenvalue weighted by Gasteiger charge is -2.46. The number of benzene rings is 1. The Morgan fingerprint density at radius 2 is 1.89 bits per heavy atom. The smallest absolute Gasteiger partial charge is 0.220 e. The normalized spacial score (nSPS) is 20.1. The molecule has 0 radical (unpaired) electrons. The SMILES string of the molecule is CC(Nc1ccccc1N1C(N)=NC(N)=NC12CCCCC2)c1ccco1. The maximum Gasteiger partial charge on any atom is 0.220 e. The number of nitrogens with zero attached hydrogens (tertiary/aromatic N) is 3. The van der Waals surface area contributed by atoms with Gasteiger partial charge in [-0.3, -0.25) is 4.90 Å². The lowest BCUT2D eigenvalue weighted by Crippen LogP contribution is -2.58. The van der Waals surface area contributed by atoms with E-state index >= 15 is 0 Å². The molecule has 1 aromatic heterocycles. The van der Waals surface area contributed by atoms with Crippen molar-refractivity contribution in [1.82, 2.24) is 0 Å². The summed E-state index contributed by atoms with van der Waals surface area (Å²) in [6.45, 7) is 2.07. The minimum atomic E-state index is -0.458. The molecule has 4 rings (SSSR count). The van der Waals surface area contributed by atoms with Crippen molar-refractivity contribution in [2.75, 3.05) is 10.2 Å². The number of aliphatic imine (C=N–C) groups is 2. The van der Waals surface area contributed by atoms with Gasteiger partial charge >= 0.3 is 0 Å². The topological polar surface area (TPSA) is 105 Å². The maximum atomic E-state index is 6.37. The standard InChI is InChI=1S/C20H26N6O/c1-14(17-10-7-13-27-17)23-15-8-3-4-9-16(15)26-19(22)24-18(21)25-20(26)11-5-2-6-12-20/h3-4,7-10,13-14,23H,2,5-6,11-12H2,1H3,(H4,21,22,24,25). The fourth-order valence-corrected chi connectivity index (χ4v) is 4.10. The summed E-state index contributed by atoms with van der Waals surface area (Å²) in [4.78, 5) is 11.1. The van der Waals surface area contributed by atoms with Crippen LogP contribution in [0.4, 0.5) is 11.4 Å². The van der Waals surface area contributed by atoms with Crippen LogP contribution in [0.1, 0.15) is 50.8 Å². The van der Waals surface area contributed by atoms with Crippen molar-refractivity contribution in [3.63, 3.8) is 0 Å². The van der Waals surface area contributed by atoms with Crippen molar-refractivity contribution in [2.45, 2.75) is 50.7 Å². The molecule has 2 aromatic rings. The number of rotatable bonds is 4. The summed E-state index contributed by atoms with van der Waals surface area (Å²) >= 11 is 0. The van der Waals surface area contributed by atoms with Gasteiger partial charge in [-0.2, -0.15) is 4.99 Å². The van der Waals surface area contributed by atoms with Crippen molar-refractivity contribution in [3.8, 4) is 0 Å². The van der Waals surface area contributed by atoms with Crippen LogP contribution < -0.4 is 21.7 Å². The number of hydrogen-bond donors (Lipinski definition) is 3. The molecule has 2 aliphatic rings. The third-order valence-corrected chi connectivity index (χ3v) is 5.34. The molecular formula is C20H26N6O. The van der Waals surface area contributed by atoms with Crippen LogP contribution in [0.3, 0.4) is 0 Å². The van der Waals surface area contributed by atoms with E-state index in [0.29, 0.717) is 5.96 Å². The van der Waals surface area contributed by atoms with E-state index in [2.05, 4.69) is 22.1 Å². The summed E-state index contributed by atoms with van der Waals surface area (Å²) in [7, 11) is 0. The van der Waals surface area contributed by atoms with Crippen LogP contribution in [0.5, 0.6) is 0 Å². The van der Waals surface area contributed by atoms with Gasteiger partial charge in [0.25, 0.3) is 0 Å². The maximum absolute atomic E-state index is 6.37. The van der Waals surface area contributed by atoms with Crippen molar-refractivity contribution in [2.24, 2.45) is 21.5 Å². The van der Waals surface area contributed by atoms with Gasteiger partial charge in [-0.15, -0.1) is 0 Å². The van der Waals surface area contributed by atoms with Crippen LogP contribution in [-0.2, 0) is 0 Å². The van der Waals surface area contributed by atoms with Gasteiger partial charge < -0.3 is 21.2 Å². The Morgan fingerprint density at radius 3 is 2.63 bits per heavy atom. The fourth-order valence-electron chi connectivity index (χ4n) is 4.10. The van der Waals surface area contributed by atoms with Gasteiger partial charge in [0.05, 0.1) is 23.7 Å². The van der Waals surface area contributed by atoms with Gasteiger partial charge in [0.2, 0.25) is 11.9 Å². The van der Waals surface area contributed by atoms with Crippen LogP contribution in [-0.4, -0.2) is 17.6 Å². The van der Waals surface area contributed by atoms with E-state index in [-0.39, 0.29) is 12.0 Å². The Kier molecular flexibility index (Phi) is 4.51. The first-order chi connectivity index (χ1) is 13.1. The number of anilines is 2. The molecule has 27 heavy (non-hydrogen) atoms. The highest BCUT2D eigenvalue weighted by atomic mass is 16.3. The highest BCUT2D eigenvalue weighted by Crippen LogP contribution is 2.42. The first-order valence-corrected chi connectivity index (χ1v) is 9.48. The highest BCUT2D eigenvalue weighted by Gasteiger charge is 2.43. The van der Waals surface area contributed by atoms with E-state index in [1.807, 2.05) is 36.4 Å². The first-order valence-electron chi connectivity index (χ1n) is 9.48. The molecule has 1 aliphatic heterocycles. The summed E-state index contributed by atoms with van der Waals surface area (Å²) in [6, 6.07) is 12.0. The van der Waals surface area contributed by atoms with Crippen LogP contribution in [0.15, 0.2) is 57.1 Å². The van der Waals surface area contributed by atoms with Crippen molar-refractivity contribution in [1.29, 1.82) is 0 Å². The van der Waals surface area contributed by atoms with Gasteiger partial charge in [-0.05, 0) is 56.9 Å². The van der Waals surface area contributed by atoms with Crippen molar-refractivity contribution >= 4 is 23.3 Å². The third kappa shape index (κ3) is 3.25. The minimum absolute atomic E-state index is 0.0139. The summed E-state index contributed by atoms with van der Waals surface area (Å²) in [6.07, 6.45) is 6.90. The highest BCUT2D eigenvalue weighted by molar-refractivity contribution is 6.07. The van der Waals surface area contributed by atoms with Crippen LogP contribution in [0, 0.1) is 0 Å². The molecule has 1 aromatic carbocycles. The van der Waals surface area contributed by atoms with E-state index in [1.165, 1.54) is 6.42 Å². The molecule has 0 bridgehead atoms. The average Bonchev–Trinajstić information content (AvgIpc) is 3.18. The number of guanidine groups is 2. The minimum Gasteiger partial charge on any atom is -0.467 e. The molecule has 1 unspecified atom stereocenters. The fraction of sp³-hybridized carbons (Fsp3) is 0.400. The van der Waals surface area contributed by atoms with E-state index in [1.54, 1.807) is 6.26 Å². The molecule has 7 heteroatoms. The zero-order chi connectivity index (χ0) is 18.9. The van der Waals surface area contributed by atoms with Crippen LogP contribution in [0.2, 0.25) is 0 Å². The molecule has 1 spiro atoms. The van der Waals surface area contributed by atoms with Gasteiger partial charge in [0.1, 0.15) is 11.4 Å². The largest absolute Gasteiger partial charge is 0.467 e. The molecule has 0 saturated heterocycles. The molecule has 2 heterocycles. The van der Waals surface area contributed by atoms with Crippen LogP contribution >= 0.6 is 0 Å². The molecule has 1 fully saturated rings. The molecule has 0 amide bonds. The molecule has 142 valence electrons.